The van der Waals surface area contributed by atoms with Crippen LogP contribution >= 0.6 is 15.9 Å². The molecule has 1 aromatic carbocycles. The summed E-state index contributed by atoms with van der Waals surface area (Å²) in [6.45, 7) is 3.02. The van der Waals surface area contributed by atoms with Crippen molar-refractivity contribution in [1.82, 2.24) is 4.90 Å². The van der Waals surface area contributed by atoms with Crippen molar-refractivity contribution in [3.63, 3.8) is 0 Å². The van der Waals surface area contributed by atoms with Crippen molar-refractivity contribution in [3.8, 4) is 5.75 Å². The minimum absolute atomic E-state index is 0.321. The van der Waals surface area contributed by atoms with Crippen LogP contribution in [0.1, 0.15) is 18.4 Å². The smallest absolute Gasteiger partial charge is 0.123 e. The Morgan fingerprint density at radius 1 is 1.53 bits per heavy atom. The summed E-state index contributed by atoms with van der Waals surface area (Å²) in [4.78, 5) is 2.40. The van der Waals surface area contributed by atoms with Gasteiger partial charge >= 0.3 is 0 Å². The molecule has 1 fully saturated rings. The Balaban J connectivity index is 2.08. The molecule has 94 valence electrons. The number of rotatable bonds is 3. The quantitative estimate of drug-likeness (QED) is 0.931. The second-order valence-corrected chi connectivity index (χ2v) is 5.51. The number of methoxy groups -OCH3 is 1. The highest BCUT2D eigenvalue weighted by atomic mass is 79.9. The maximum Gasteiger partial charge on any atom is 0.123 e. The molecule has 0 aromatic heterocycles. The molecule has 0 unspecified atom stereocenters. The molecule has 1 aliphatic rings. The van der Waals surface area contributed by atoms with E-state index in [0.717, 1.165) is 36.3 Å². The van der Waals surface area contributed by atoms with Crippen LogP contribution in [-0.2, 0) is 6.54 Å². The molecule has 3 nitrogen and oxygen atoms in total. The summed E-state index contributed by atoms with van der Waals surface area (Å²) >= 11 is 3.50. The van der Waals surface area contributed by atoms with E-state index in [4.69, 9.17) is 10.5 Å². The summed E-state index contributed by atoms with van der Waals surface area (Å²) in [7, 11) is 1.72. The Kier molecular flexibility index (Phi) is 4.42. The molecule has 1 aliphatic heterocycles. The first-order valence-electron chi connectivity index (χ1n) is 5.99. The van der Waals surface area contributed by atoms with E-state index in [9.17, 15) is 0 Å². The standard InChI is InChI=1S/C13H19BrN2O/c1-17-13-5-4-11(14)7-10(13)8-16-6-2-3-12(15)9-16/h4-5,7,12H,2-3,6,8-9,15H2,1H3/t12-/m0/s1. The minimum Gasteiger partial charge on any atom is -0.496 e. The summed E-state index contributed by atoms with van der Waals surface area (Å²) < 4.78 is 6.48. The normalized spacial score (nSPS) is 21.5. The Morgan fingerprint density at radius 2 is 2.35 bits per heavy atom. The summed E-state index contributed by atoms with van der Waals surface area (Å²) in [6, 6.07) is 6.45. The van der Waals surface area contributed by atoms with E-state index in [1.807, 2.05) is 12.1 Å². The topological polar surface area (TPSA) is 38.5 Å². The average Bonchev–Trinajstić information content (AvgIpc) is 2.29. The lowest BCUT2D eigenvalue weighted by Gasteiger charge is -2.31. The van der Waals surface area contributed by atoms with Gasteiger partial charge in [-0.1, -0.05) is 15.9 Å². The van der Waals surface area contributed by atoms with E-state index in [1.165, 1.54) is 12.0 Å². The van der Waals surface area contributed by atoms with Crippen molar-refractivity contribution in [2.24, 2.45) is 5.73 Å². The van der Waals surface area contributed by atoms with Crippen molar-refractivity contribution in [2.75, 3.05) is 20.2 Å². The highest BCUT2D eigenvalue weighted by Crippen LogP contribution is 2.25. The van der Waals surface area contributed by atoms with Gasteiger partial charge < -0.3 is 10.5 Å². The van der Waals surface area contributed by atoms with Crippen LogP contribution in [0.5, 0.6) is 5.75 Å². The van der Waals surface area contributed by atoms with Crippen molar-refractivity contribution in [1.29, 1.82) is 0 Å². The molecule has 1 aromatic rings. The van der Waals surface area contributed by atoms with Gasteiger partial charge in [0, 0.05) is 29.2 Å². The molecule has 0 saturated carbocycles. The van der Waals surface area contributed by atoms with Crippen LogP contribution in [0.2, 0.25) is 0 Å². The van der Waals surface area contributed by atoms with Crippen LogP contribution in [0.3, 0.4) is 0 Å². The molecule has 4 heteroatoms. The monoisotopic (exact) mass is 298 g/mol. The van der Waals surface area contributed by atoms with Crippen molar-refractivity contribution < 1.29 is 4.74 Å². The first kappa shape index (κ1) is 12.9. The predicted octanol–water partition coefficient (Wildman–Crippen LogP) is 2.38. The summed E-state index contributed by atoms with van der Waals surface area (Å²) in [6.07, 6.45) is 2.34. The van der Waals surface area contributed by atoms with Crippen molar-refractivity contribution in [3.05, 3.63) is 28.2 Å². The molecule has 1 atom stereocenters. The molecule has 2 rings (SSSR count). The number of hydrogen-bond donors (Lipinski definition) is 1. The zero-order valence-corrected chi connectivity index (χ0v) is 11.7. The van der Waals surface area contributed by atoms with E-state index >= 15 is 0 Å². The van der Waals surface area contributed by atoms with Crippen LogP contribution in [0.15, 0.2) is 22.7 Å². The lowest BCUT2D eigenvalue weighted by Crippen LogP contribution is -2.42. The molecule has 0 spiro atoms. The van der Waals surface area contributed by atoms with E-state index in [-0.39, 0.29) is 0 Å². The number of halogens is 1. The van der Waals surface area contributed by atoms with Gasteiger partial charge in [-0.15, -0.1) is 0 Å². The minimum atomic E-state index is 0.321. The molecule has 2 N–H and O–H groups in total. The van der Waals surface area contributed by atoms with Gasteiger partial charge in [-0.25, -0.2) is 0 Å². The van der Waals surface area contributed by atoms with Crippen LogP contribution in [0.25, 0.3) is 0 Å². The van der Waals surface area contributed by atoms with E-state index in [2.05, 4.69) is 26.9 Å². The number of piperidine rings is 1. The van der Waals surface area contributed by atoms with Gasteiger partial charge in [-0.3, -0.25) is 4.90 Å². The highest BCUT2D eigenvalue weighted by molar-refractivity contribution is 9.10. The van der Waals surface area contributed by atoms with Gasteiger partial charge in [0.2, 0.25) is 0 Å². The highest BCUT2D eigenvalue weighted by Gasteiger charge is 2.17. The molecular formula is C13H19BrN2O. The van der Waals surface area contributed by atoms with Crippen LogP contribution in [0.4, 0.5) is 0 Å². The van der Waals surface area contributed by atoms with Gasteiger partial charge in [0.15, 0.2) is 0 Å². The number of ether oxygens (including phenoxy) is 1. The fraction of sp³-hybridized carbons (Fsp3) is 0.538. The first-order valence-corrected chi connectivity index (χ1v) is 6.78. The molecule has 17 heavy (non-hydrogen) atoms. The van der Waals surface area contributed by atoms with Crippen LogP contribution in [-0.4, -0.2) is 31.1 Å². The van der Waals surface area contributed by atoms with Gasteiger partial charge in [-0.05, 0) is 37.6 Å². The molecule has 0 bridgehead atoms. The largest absolute Gasteiger partial charge is 0.496 e. The third kappa shape index (κ3) is 3.44. The molecule has 0 aliphatic carbocycles. The van der Waals surface area contributed by atoms with Crippen LogP contribution < -0.4 is 10.5 Å². The maximum atomic E-state index is 6.00. The maximum absolute atomic E-state index is 6.00. The fourth-order valence-electron chi connectivity index (χ4n) is 2.35. The predicted molar refractivity (Wildman–Crippen MR) is 73.2 cm³/mol. The molecule has 1 heterocycles. The lowest BCUT2D eigenvalue weighted by atomic mass is 10.1. The molecular weight excluding hydrogens is 280 g/mol. The zero-order chi connectivity index (χ0) is 12.3. The van der Waals surface area contributed by atoms with E-state index < -0.39 is 0 Å². The molecule has 0 radical (unpaired) electrons. The molecule has 1 saturated heterocycles. The van der Waals surface area contributed by atoms with E-state index in [0.29, 0.717) is 6.04 Å². The van der Waals surface area contributed by atoms with Crippen molar-refractivity contribution in [2.45, 2.75) is 25.4 Å². The van der Waals surface area contributed by atoms with Gasteiger partial charge in [-0.2, -0.15) is 0 Å². The summed E-state index contributed by atoms with van der Waals surface area (Å²) in [5.41, 5.74) is 7.22. The Morgan fingerprint density at radius 3 is 3.06 bits per heavy atom. The van der Waals surface area contributed by atoms with Gasteiger partial charge in [0.1, 0.15) is 5.75 Å². The Bertz CT molecular complexity index is 384. The van der Waals surface area contributed by atoms with Crippen LogP contribution in [0, 0.1) is 0 Å². The zero-order valence-electron chi connectivity index (χ0n) is 10.2. The third-order valence-corrected chi connectivity index (χ3v) is 3.67. The van der Waals surface area contributed by atoms with Crippen molar-refractivity contribution >= 4 is 15.9 Å². The number of hydrogen-bond acceptors (Lipinski definition) is 3. The SMILES string of the molecule is COc1ccc(Br)cc1CN1CCC[C@H](N)C1. The lowest BCUT2D eigenvalue weighted by molar-refractivity contribution is 0.199. The Hall–Kier alpha value is -0.580. The molecule has 0 amide bonds. The number of nitrogens with two attached hydrogens (primary N) is 1. The second kappa shape index (κ2) is 5.85. The number of likely N-dealkylation sites (tertiary alicyclic amines) is 1. The number of nitrogens with zero attached hydrogens (tertiary/aromatic N) is 1. The third-order valence-electron chi connectivity index (χ3n) is 3.18. The average molecular weight is 299 g/mol. The summed E-state index contributed by atoms with van der Waals surface area (Å²) in [5.74, 6) is 0.951. The van der Waals surface area contributed by atoms with Gasteiger partial charge in [0.05, 0.1) is 7.11 Å². The first-order chi connectivity index (χ1) is 8.19. The number of benzene rings is 1. The van der Waals surface area contributed by atoms with Gasteiger partial charge in [0.25, 0.3) is 0 Å². The fourth-order valence-corrected chi connectivity index (χ4v) is 2.76. The summed E-state index contributed by atoms with van der Waals surface area (Å²) in [5, 5.41) is 0. The Labute approximate surface area is 111 Å². The van der Waals surface area contributed by atoms with E-state index in [1.54, 1.807) is 7.11 Å². The second-order valence-electron chi connectivity index (χ2n) is 4.59.